The van der Waals surface area contributed by atoms with Crippen LogP contribution in [0.4, 0.5) is 0 Å². The first-order valence-electron chi connectivity index (χ1n) is 5.02. The molecule has 2 unspecified atom stereocenters. The molecule has 2 atom stereocenters. The second-order valence-electron chi connectivity index (χ2n) is 3.59. The Morgan fingerprint density at radius 2 is 2.29 bits per heavy atom. The average Bonchev–Trinajstić information content (AvgIpc) is 2.21. The maximum Gasteiger partial charge on any atom is 0.0544 e. The minimum Gasteiger partial charge on any atom is -0.271 e. The molecule has 14 heavy (non-hydrogen) atoms. The van der Waals surface area contributed by atoms with Gasteiger partial charge in [-0.1, -0.05) is 20.3 Å². The van der Waals surface area contributed by atoms with Gasteiger partial charge in [-0.3, -0.25) is 11.3 Å². The number of rotatable bonds is 5. The molecule has 1 aromatic heterocycles. The molecular weight excluding hydrogens is 176 g/mol. The lowest BCUT2D eigenvalue weighted by molar-refractivity contribution is 0.367. The summed E-state index contributed by atoms with van der Waals surface area (Å²) in [6.07, 6.45) is 5.77. The van der Waals surface area contributed by atoms with Crippen molar-refractivity contribution in [1.82, 2.24) is 15.6 Å². The Kier molecular flexibility index (Phi) is 4.49. The van der Waals surface area contributed by atoms with E-state index in [0.717, 1.165) is 18.4 Å². The normalized spacial score (nSPS) is 15.1. The molecule has 0 aliphatic carbocycles. The third-order valence-corrected chi connectivity index (χ3v) is 2.46. The van der Waals surface area contributed by atoms with Gasteiger partial charge in [-0.05, 0) is 24.0 Å². The standard InChI is InChI=1S/C10H18N4/c1-3-4-8(2)10(14-11)9-5-6-12-13-7-9/h5-8,10,14H,3-4,11H2,1-2H3. The summed E-state index contributed by atoms with van der Waals surface area (Å²) < 4.78 is 0. The fourth-order valence-electron chi connectivity index (χ4n) is 1.70. The van der Waals surface area contributed by atoms with Crippen LogP contribution in [-0.2, 0) is 0 Å². The largest absolute Gasteiger partial charge is 0.271 e. The zero-order valence-electron chi connectivity index (χ0n) is 8.77. The van der Waals surface area contributed by atoms with Crippen LogP contribution in [0.5, 0.6) is 0 Å². The van der Waals surface area contributed by atoms with Gasteiger partial charge in [0.15, 0.2) is 0 Å². The third kappa shape index (κ3) is 2.75. The first kappa shape index (κ1) is 11.1. The molecule has 3 N–H and O–H groups in total. The van der Waals surface area contributed by atoms with E-state index in [2.05, 4.69) is 29.5 Å². The summed E-state index contributed by atoms with van der Waals surface area (Å²) in [4.78, 5) is 0. The maximum absolute atomic E-state index is 5.54. The smallest absolute Gasteiger partial charge is 0.0544 e. The highest BCUT2D eigenvalue weighted by Crippen LogP contribution is 2.23. The number of aromatic nitrogens is 2. The van der Waals surface area contributed by atoms with Crippen LogP contribution in [0, 0.1) is 5.92 Å². The summed E-state index contributed by atoms with van der Waals surface area (Å²) >= 11 is 0. The van der Waals surface area contributed by atoms with Gasteiger partial charge in [-0.25, -0.2) is 0 Å². The van der Waals surface area contributed by atoms with Crippen LogP contribution in [0.1, 0.15) is 38.3 Å². The van der Waals surface area contributed by atoms with Gasteiger partial charge in [0.25, 0.3) is 0 Å². The number of hydrazine groups is 1. The van der Waals surface area contributed by atoms with Crippen molar-refractivity contribution >= 4 is 0 Å². The molecule has 0 aliphatic heterocycles. The molecule has 0 amide bonds. The summed E-state index contributed by atoms with van der Waals surface area (Å²) in [6, 6.07) is 2.12. The Morgan fingerprint density at radius 3 is 2.79 bits per heavy atom. The Balaban J connectivity index is 2.71. The Bertz CT molecular complexity index is 250. The van der Waals surface area contributed by atoms with Crippen LogP contribution in [0.2, 0.25) is 0 Å². The van der Waals surface area contributed by atoms with Crippen molar-refractivity contribution < 1.29 is 0 Å². The van der Waals surface area contributed by atoms with Crippen molar-refractivity contribution in [1.29, 1.82) is 0 Å². The van der Waals surface area contributed by atoms with Crippen molar-refractivity contribution in [2.24, 2.45) is 11.8 Å². The first-order valence-corrected chi connectivity index (χ1v) is 5.02. The lowest BCUT2D eigenvalue weighted by Gasteiger charge is -2.22. The Morgan fingerprint density at radius 1 is 1.50 bits per heavy atom. The van der Waals surface area contributed by atoms with Gasteiger partial charge in [-0.2, -0.15) is 10.2 Å². The highest BCUT2D eigenvalue weighted by Gasteiger charge is 2.16. The van der Waals surface area contributed by atoms with Crippen LogP contribution < -0.4 is 11.3 Å². The van der Waals surface area contributed by atoms with Gasteiger partial charge in [0.1, 0.15) is 0 Å². The minimum absolute atomic E-state index is 0.172. The summed E-state index contributed by atoms with van der Waals surface area (Å²) in [7, 11) is 0. The number of nitrogens with two attached hydrogens (primary N) is 1. The summed E-state index contributed by atoms with van der Waals surface area (Å²) in [5.41, 5.74) is 3.94. The number of nitrogens with one attached hydrogen (secondary N) is 1. The van der Waals surface area contributed by atoms with Crippen LogP contribution in [-0.4, -0.2) is 10.2 Å². The molecule has 1 rings (SSSR count). The lowest BCUT2D eigenvalue weighted by atomic mass is 9.93. The molecule has 0 aliphatic rings. The summed E-state index contributed by atoms with van der Waals surface area (Å²) in [6.45, 7) is 4.36. The number of hydrogen-bond donors (Lipinski definition) is 2. The molecule has 0 spiro atoms. The second kappa shape index (κ2) is 5.67. The SMILES string of the molecule is CCCC(C)C(NN)c1ccnnc1. The third-order valence-electron chi connectivity index (χ3n) is 2.46. The molecule has 0 saturated carbocycles. The predicted octanol–water partition coefficient (Wildman–Crippen LogP) is 1.42. The van der Waals surface area contributed by atoms with Crippen molar-refractivity contribution in [3.05, 3.63) is 24.0 Å². The van der Waals surface area contributed by atoms with Crippen molar-refractivity contribution in [3.8, 4) is 0 Å². The maximum atomic E-state index is 5.54. The number of hydrogen-bond acceptors (Lipinski definition) is 4. The first-order chi connectivity index (χ1) is 6.79. The van der Waals surface area contributed by atoms with Crippen LogP contribution >= 0.6 is 0 Å². The molecular formula is C10H18N4. The minimum atomic E-state index is 0.172. The predicted molar refractivity (Wildman–Crippen MR) is 56.2 cm³/mol. The van der Waals surface area contributed by atoms with Crippen LogP contribution in [0.15, 0.2) is 18.5 Å². The molecule has 0 saturated heterocycles. The zero-order valence-corrected chi connectivity index (χ0v) is 8.77. The lowest BCUT2D eigenvalue weighted by Crippen LogP contribution is -2.32. The molecule has 0 fully saturated rings. The number of nitrogens with zero attached hydrogens (tertiary/aromatic N) is 2. The fourth-order valence-corrected chi connectivity index (χ4v) is 1.70. The van der Waals surface area contributed by atoms with Gasteiger partial charge in [0.2, 0.25) is 0 Å². The van der Waals surface area contributed by atoms with E-state index >= 15 is 0 Å². The van der Waals surface area contributed by atoms with E-state index in [9.17, 15) is 0 Å². The van der Waals surface area contributed by atoms with E-state index in [1.54, 1.807) is 12.4 Å². The van der Waals surface area contributed by atoms with Gasteiger partial charge < -0.3 is 0 Å². The highest BCUT2D eigenvalue weighted by atomic mass is 15.2. The summed E-state index contributed by atoms with van der Waals surface area (Å²) in [5.74, 6) is 6.05. The highest BCUT2D eigenvalue weighted by molar-refractivity contribution is 5.12. The molecule has 0 aromatic carbocycles. The topological polar surface area (TPSA) is 63.8 Å². The van der Waals surface area contributed by atoms with E-state index in [-0.39, 0.29) is 6.04 Å². The fraction of sp³-hybridized carbons (Fsp3) is 0.600. The molecule has 1 aromatic rings. The van der Waals surface area contributed by atoms with Crippen LogP contribution in [0.25, 0.3) is 0 Å². The van der Waals surface area contributed by atoms with E-state index in [0.29, 0.717) is 5.92 Å². The monoisotopic (exact) mass is 194 g/mol. The molecule has 0 radical (unpaired) electrons. The van der Waals surface area contributed by atoms with Crippen molar-refractivity contribution in [3.63, 3.8) is 0 Å². The Hall–Kier alpha value is -1.00. The van der Waals surface area contributed by atoms with Gasteiger partial charge >= 0.3 is 0 Å². The zero-order chi connectivity index (χ0) is 10.4. The molecule has 4 nitrogen and oxygen atoms in total. The summed E-state index contributed by atoms with van der Waals surface area (Å²) in [5, 5.41) is 7.60. The average molecular weight is 194 g/mol. The van der Waals surface area contributed by atoms with E-state index in [1.165, 1.54) is 0 Å². The van der Waals surface area contributed by atoms with Crippen molar-refractivity contribution in [2.45, 2.75) is 32.7 Å². The van der Waals surface area contributed by atoms with Gasteiger partial charge in [0.05, 0.1) is 12.2 Å². The quantitative estimate of drug-likeness (QED) is 0.549. The van der Waals surface area contributed by atoms with Crippen LogP contribution in [0.3, 0.4) is 0 Å². The van der Waals surface area contributed by atoms with Crippen molar-refractivity contribution in [2.75, 3.05) is 0 Å². The molecule has 1 heterocycles. The molecule has 0 bridgehead atoms. The van der Waals surface area contributed by atoms with E-state index < -0.39 is 0 Å². The van der Waals surface area contributed by atoms with E-state index in [1.807, 2.05) is 6.07 Å². The van der Waals surface area contributed by atoms with E-state index in [4.69, 9.17) is 5.84 Å². The second-order valence-corrected chi connectivity index (χ2v) is 3.59. The van der Waals surface area contributed by atoms with Gasteiger partial charge in [-0.15, -0.1) is 0 Å². The van der Waals surface area contributed by atoms with Gasteiger partial charge in [0, 0.05) is 6.20 Å². The molecule has 4 heteroatoms. The molecule has 78 valence electrons. The Labute approximate surface area is 84.9 Å².